The number of alkyl carbamates (subject to hydrolysis) is 1. The third kappa shape index (κ3) is 10.2. The lowest BCUT2D eigenvalue weighted by Gasteiger charge is -2.44. The number of hydrogen-bond donors (Lipinski definition) is 2. The molecule has 2 rings (SSSR count). The van der Waals surface area contributed by atoms with Gasteiger partial charge in [0.05, 0.1) is 13.0 Å². The van der Waals surface area contributed by atoms with Crippen LogP contribution in [0.25, 0.3) is 0 Å². The van der Waals surface area contributed by atoms with Crippen LogP contribution in [0.2, 0.25) is 0 Å². The molecule has 1 aromatic carbocycles. The minimum atomic E-state index is -0.918. The van der Waals surface area contributed by atoms with E-state index in [9.17, 15) is 19.2 Å². The predicted molar refractivity (Wildman–Crippen MR) is 150 cm³/mol. The van der Waals surface area contributed by atoms with E-state index in [2.05, 4.69) is 10.6 Å². The summed E-state index contributed by atoms with van der Waals surface area (Å²) in [4.78, 5) is 54.3. The molecular formula is C30H47N3O6. The quantitative estimate of drug-likeness (QED) is 0.367. The second-order valence-electron chi connectivity index (χ2n) is 11.8. The van der Waals surface area contributed by atoms with E-state index in [1.54, 1.807) is 32.6 Å². The van der Waals surface area contributed by atoms with Crippen molar-refractivity contribution in [1.82, 2.24) is 15.5 Å². The fraction of sp³-hybridized carbons (Fsp3) is 0.667. The average molecular weight is 546 g/mol. The Morgan fingerprint density at radius 1 is 1.05 bits per heavy atom. The molecule has 2 atom stereocenters. The fourth-order valence-corrected chi connectivity index (χ4v) is 4.73. The number of carbonyl (C=O) groups is 4. The van der Waals surface area contributed by atoms with Gasteiger partial charge in [0.1, 0.15) is 17.7 Å². The number of carbonyl (C=O) groups excluding carboxylic acids is 4. The van der Waals surface area contributed by atoms with Gasteiger partial charge in [-0.3, -0.25) is 14.4 Å². The molecule has 0 aliphatic heterocycles. The van der Waals surface area contributed by atoms with E-state index in [1.165, 1.54) is 0 Å². The van der Waals surface area contributed by atoms with Crippen LogP contribution in [0.5, 0.6) is 0 Å². The van der Waals surface area contributed by atoms with Gasteiger partial charge in [-0.05, 0) is 78.7 Å². The van der Waals surface area contributed by atoms with Crippen LogP contribution in [0.15, 0.2) is 18.2 Å². The molecule has 0 bridgehead atoms. The van der Waals surface area contributed by atoms with Gasteiger partial charge in [-0.2, -0.15) is 0 Å². The highest BCUT2D eigenvalue weighted by atomic mass is 16.6. The molecule has 1 aliphatic rings. The number of ether oxygens (including phenoxy) is 2. The maximum Gasteiger partial charge on any atom is 0.408 e. The Labute approximate surface area is 233 Å². The van der Waals surface area contributed by atoms with Crippen LogP contribution in [-0.4, -0.2) is 59.6 Å². The van der Waals surface area contributed by atoms with E-state index in [0.29, 0.717) is 12.0 Å². The molecule has 0 heterocycles. The normalized spacial score (nSPS) is 15.1. The van der Waals surface area contributed by atoms with Crippen molar-refractivity contribution in [3.8, 4) is 0 Å². The van der Waals surface area contributed by atoms with Crippen molar-refractivity contribution in [2.45, 2.75) is 111 Å². The van der Waals surface area contributed by atoms with Crippen molar-refractivity contribution < 1.29 is 28.7 Å². The van der Waals surface area contributed by atoms with Crippen LogP contribution in [0.3, 0.4) is 0 Å². The molecule has 0 spiro atoms. The van der Waals surface area contributed by atoms with Gasteiger partial charge in [0.2, 0.25) is 11.8 Å². The number of nitrogens with one attached hydrogen (secondary N) is 2. The Kier molecular flexibility index (Phi) is 11.8. The summed E-state index contributed by atoms with van der Waals surface area (Å²) in [6.45, 7) is 15.3. The van der Waals surface area contributed by atoms with Crippen LogP contribution in [-0.2, 0) is 23.9 Å². The first-order valence-electron chi connectivity index (χ1n) is 14.0. The molecule has 0 aromatic heterocycles. The van der Waals surface area contributed by atoms with Gasteiger partial charge in [0.15, 0.2) is 0 Å². The number of benzene rings is 1. The summed E-state index contributed by atoms with van der Waals surface area (Å²) < 4.78 is 10.4. The molecule has 218 valence electrons. The van der Waals surface area contributed by atoms with Gasteiger partial charge in [0.25, 0.3) is 0 Å². The minimum absolute atomic E-state index is 0.0344. The van der Waals surface area contributed by atoms with Gasteiger partial charge in [-0.25, -0.2) is 4.79 Å². The molecule has 2 N–H and O–H groups in total. The number of amides is 3. The van der Waals surface area contributed by atoms with Crippen LogP contribution in [0.1, 0.15) is 96.4 Å². The Bertz CT molecular complexity index is 992. The van der Waals surface area contributed by atoms with Crippen molar-refractivity contribution in [2.24, 2.45) is 5.92 Å². The first-order valence-corrected chi connectivity index (χ1v) is 14.0. The Morgan fingerprint density at radius 3 is 2.15 bits per heavy atom. The lowest BCUT2D eigenvalue weighted by Crippen LogP contribution is -2.57. The molecule has 1 saturated carbocycles. The maximum atomic E-state index is 14.3. The highest BCUT2D eigenvalue weighted by Gasteiger charge is 2.42. The lowest BCUT2D eigenvalue weighted by atomic mass is 9.87. The largest absolute Gasteiger partial charge is 0.466 e. The Balaban J connectivity index is 2.46. The highest BCUT2D eigenvalue weighted by molar-refractivity contribution is 5.92. The Hall–Kier alpha value is -3.10. The zero-order valence-corrected chi connectivity index (χ0v) is 24.9. The smallest absolute Gasteiger partial charge is 0.408 e. The molecule has 1 aliphatic carbocycles. The molecule has 2 unspecified atom stereocenters. The minimum Gasteiger partial charge on any atom is -0.466 e. The summed E-state index contributed by atoms with van der Waals surface area (Å²) in [6.07, 6.45) is 2.25. The van der Waals surface area contributed by atoms with Crippen LogP contribution < -0.4 is 10.6 Å². The van der Waals surface area contributed by atoms with Crippen LogP contribution in [0, 0.1) is 19.8 Å². The number of hydrogen-bond acceptors (Lipinski definition) is 6. The summed E-state index contributed by atoms with van der Waals surface area (Å²) in [7, 11) is 0. The topological polar surface area (TPSA) is 114 Å². The average Bonchev–Trinajstić information content (AvgIpc) is 2.74. The standard InChI is InChI=1S/C30H47N3O6/c1-9-38-25(34)13-14-31-27(35)26(22-17-20(4)16-21(5)18-22)33(23-11-10-12-23)28(36)24(15-19(2)3)32-29(37)39-30(6,7)8/h16-19,23-24,26H,9-15H2,1-8H3,(H,31,35)(H,32,37). The van der Waals surface area contributed by atoms with Gasteiger partial charge in [-0.15, -0.1) is 0 Å². The summed E-state index contributed by atoms with van der Waals surface area (Å²) in [5.41, 5.74) is 1.92. The fourth-order valence-electron chi connectivity index (χ4n) is 4.73. The van der Waals surface area contributed by atoms with E-state index in [0.717, 1.165) is 30.4 Å². The molecule has 0 radical (unpaired) electrons. The maximum absolute atomic E-state index is 14.3. The first kappa shape index (κ1) is 32.1. The van der Waals surface area contributed by atoms with Gasteiger partial charge >= 0.3 is 12.1 Å². The van der Waals surface area contributed by atoms with Gasteiger partial charge in [-0.1, -0.05) is 43.2 Å². The number of aryl methyl sites for hydroxylation is 2. The molecule has 3 amide bonds. The lowest BCUT2D eigenvalue weighted by molar-refractivity contribution is -0.148. The molecule has 0 saturated heterocycles. The molecule has 9 nitrogen and oxygen atoms in total. The summed E-state index contributed by atoms with van der Waals surface area (Å²) in [5, 5.41) is 5.64. The third-order valence-corrected chi connectivity index (χ3v) is 6.44. The summed E-state index contributed by atoms with van der Waals surface area (Å²) in [5.74, 6) is -0.976. The van der Waals surface area contributed by atoms with Crippen molar-refractivity contribution >= 4 is 23.9 Å². The molecule has 1 aromatic rings. The third-order valence-electron chi connectivity index (χ3n) is 6.44. The molecular weight excluding hydrogens is 498 g/mol. The SMILES string of the molecule is CCOC(=O)CCNC(=O)C(c1cc(C)cc(C)c1)N(C(=O)C(CC(C)C)NC(=O)OC(C)(C)C)C1CCC1. The number of esters is 1. The monoisotopic (exact) mass is 545 g/mol. The van der Waals surface area contributed by atoms with E-state index in [-0.39, 0.29) is 43.3 Å². The second-order valence-corrected chi connectivity index (χ2v) is 11.8. The number of rotatable bonds is 12. The van der Waals surface area contributed by atoms with Crippen molar-refractivity contribution in [3.63, 3.8) is 0 Å². The Morgan fingerprint density at radius 2 is 1.67 bits per heavy atom. The van der Waals surface area contributed by atoms with Crippen LogP contribution in [0.4, 0.5) is 4.79 Å². The van der Waals surface area contributed by atoms with E-state index in [4.69, 9.17) is 9.47 Å². The molecule has 9 heteroatoms. The molecule has 1 fully saturated rings. The zero-order chi connectivity index (χ0) is 29.3. The summed E-state index contributed by atoms with van der Waals surface area (Å²) >= 11 is 0. The van der Waals surface area contributed by atoms with Crippen molar-refractivity contribution in [2.75, 3.05) is 13.2 Å². The van der Waals surface area contributed by atoms with Gasteiger partial charge < -0.3 is 25.0 Å². The first-order chi connectivity index (χ1) is 18.2. The highest BCUT2D eigenvalue weighted by Crippen LogP contribution is 2.35. The second kappa shape index (κ2) is 14.3. The zero-order valence-electron chi connectivity index (χ0n) is 24.9. The van der Waals surface area contributed by atoms with Gasteiger partial charge in [0, 0.05) is 12.6 Å². The summed E-state index contributed by atoms with van der Waals surface area (Å²) in [6, 6.07) is 3.93. The van der Waals surface area contributed by atoms with Crippen molar-refractivity contribution in [1.29, 1.82) is 0 Å². The van der Waals surface area contributed by atoms with Crippen molar-refractivity contribution in [3.05, 3.63) is 34.9 Å². The predicted octanol–water partition coefficient (Wildman–Crippen LogP) is 4.73. The van der Waals surface area contributed by atoms with Crippen LogP contribution >= 0.6 is 0 Å². The van der Waals surface area contributed by atoms with E-state index >= 15 is 0 Å². The van der Waals surface area contributed by atoms with E-state index in [1.807, 2.05) is 45.9 Å². The number of nitrogens with zero attached hydrogens (tertiary/aromatic N) is 1. The van der Waals surface area contributed by atoms with E-state index < -0.39 is 29.7 Å². The molecule has 39 heavy (non-hydrogen) atoms.